The molecule has 0 radical (unpaired) electrons. The van der Waals surface area contributed by atoms with Crippen molar-refractivity contribution >= 4 is 0 Å². The molecule has 1 heterocycles. The monoisotopic (exact) mass is 219 g/mol. The van der Waals surface area contributed by atoms with E-state index < -0.39 is 0 Å². The summed E-state index contributed by atoms with van der Waals surface area (Å²) in [4.78, 5) is 4.20. The number of rotatable bonds is 3. The molecule has 1 aliphatic rings. The van der Waals surface area contributed by atoms with Gasteiger partial charge in [-0.2, -0.15) is 0 Å². The first-order valence-electron chi connectivity index (χ1n) is 6.14. The summed E-state index contributed by atoms with van der Waals surface area (Å²) in [5, 5.41) is 3.42. The lowest BCUT2D eigenvalue weighted by Gasteiger charge is -2.32. The second kappa shape index (κ2) is 5.41. The van der Waals surface area contributed by atoms with Crippen molar-refractivity contribution in [3.05, 3.63) is 30.1 Å². The van der Waals surface area contributed by atoms with E-state index in [1.165, 1.54) is 18.4 Å². The van der Waals surface area contributed by atoms with Crippen molar-refractivity contribution < 1.29 is 0 Å². The molecule has 3 N–H and O–H groups in total. The maximum Gasteiger partial charge on any atom is 0.0361 e. The van der Waals surface area contributed by atoms with Gasteiger partial charge in [0.15, 0.2) is 0 Å². The van der Waals surface area contributed by atoms with E-state index in [-0.39, 0.29) is 0 Å². The Hall–Kier alpha value is -0.930. The number of hydrogen-bond donors (Lipinski definition) is 2. The molecule has 1 atom stereocenters. The van der Waals surface area contributed by atoms with E-state index in [4.69, 9.17) is 5.73 Å². The molecule has 1 aromatic heterocycles. The molecule has 1 fully saturated rings. The molecule has 0 spiro atoms. The number of nitrogens with zero attached hydrogens (tertiary/aromatic N) is 1. The SMILES string of the molecule is CNC(c1cccnc1)C1CCC(N)CC1. The number of nitrogens with one attached hydrogen (secondary N) is 1. The van der Waals surface area contributed by atoms with Gasteiger partial charge in [0.1, 0.15) is 0 Å². The van der Waals surface area contributed by atoms with Crippen LogP contribution in [0.4, 0.5) is 0 Å². The second-order valence-corrected chi connectivity index (χ2v) is 4.73. The molecule has 88 valence electrons. The quantitative estimate of drug-likeness (QED) is 0.816. The molecule has 1 aromatic rings. The van der Waals surface area contributed by atoms with Gasteiger partial charge in [0.05, 0.1) is 0 Å². The van der Waals surface area contributed by atoms with Crippen molar-refractivity contribution in [2.24, 2.45) is 11.7 Å². The summed E-state index contributed by atoms with van der Waals surface area (Å²) in [6.45, 7) is 0. The highest BCUT2D eigenvalue weighted by molar-refractivity contribution is 5.15. The summed E-state index contributed by atoms with van der Waals surface area (Å²) in [6.07, 6.45) is 8.55. The van der Waals surface area contributed by atoms with E-state index in [2.05, 4.69) is 16.4 Å². The van der Waals surface area contributed by atoms with Crippen LogP contribution in [0.25, 0.3) is 0 Å². The Kier molecular flexibility index (Phi) is 3.91. The van der Waals surface area contributed by atoms with Gasteiger partial charge in [-0.15, -0.1) is 0 Å². The molecular weight excluding hydrogens is 198 g/mol. The van der Waals surface area contributed by atoms with Crippen molar-refractivity contribution in [2.75, 3.05) is 7.05 Å². The fraction of sp³-hybridized carbons (Fsp3) is 0.615. The smallest absolute Gasteiger partial charge is 0.0361 e. The van der Waals surface area contributed by atoms with Crippen LogP contribution in [0.2, 0.25) is 0 Å². The van der Waals surface area contributed by atoms with E-state index in [0.29, 0.717) is 18.0 Å². The van der Waals surface area contributed by atoms with E-state index in [9.17, 15) is 0 Å². The van der Waals surface area contributed by atoms with Crippen molar-refractivity contribution in [3.63, 3.8) is 0 Å². The third-order valence-electron chi connectivity index (χ3n) is 3.64. The molecule has 0 amide bonds. The van der Waals surface area contributed by atoms with Gasteiger partial charge in [-0.05, 0) is 50.3 Å². The third kappa shape index (κ3) is 2.60. The first kappa shape index (κ1) is 11.6. The van der Waals surface area contributed by atoms with Gasteiger partial charge in [0, 0.05) is 24.5 Å². The van der Waals surface area contributed by atoms with Crippen LogP contribution in [0, 0.1) is 5.92 Å². The van der Waals surface area contributed by atoms with Crippen molar-refractivity contribution in [1.29, 1.82) is 0 Å². The van der Waals surface area contributed by atoms with Gasteiger partial charge >= 0.3 is 0 Å². The van der Waals surface area contributed by atoms with Crippen LogP contribution in [-0.4, -0.2) is 18.1 Å². The maximum absolute atomic E-state index is 5.94. The molecule has 3 nitrogen and oxygen atoms in total. The predicted octanol–water partition coefficient (Wildman–Crippen LogP) is 1.86. The van der Waals surface area contributed by atoms with Gasteiger partial charge in [0.2, 0.25) is 0 Å². The highest BCUT2D eigenvalue weighted by Crippen LogP contribution is 2.33. The highest BCUT2D eigenvalue weighted by Gasteiger charge is 2.26. The molecule has 1 saturated carbocycles. The Balaban J connectivity index is 2.05. The van der Waals surface area contributed by atoms with Crippen LogP contribution >= 0.6 is 0 Å². The average molecular weight is 219 g/mol. The van der Waals surface area contributed by atoms with Crippen LogP contribution < -0.4 is 11.1 Å². The molecule has 0 aliphatic heterocycles. The van der Waals surface area contributed by atoms with E-state index in [0.717, 1.165) is 12.8 Å². The Bertz CT molecular complexity index is 304. The molecule has 0 aromatic carbocycles. The first-order valence-corrected chi connectivity index (χ1v) is 6.14. The van der Waals surface area contributed by atoms with Gasteiger partial charge < -0.3 is 11.1 Å². The summed E-state index contributed by atoms with van der Waals surface area (Å²) in [6, 6.07) is 5.01. The molecule has 3 heteroatoms. The van der Waals surface area contributed by atoms with Crippen molar-refractivity contribution in [3.8, 4) is 0 Å². The molecular formula is C13H21N3. The lowest BCUT2D eigenvalue weighted by Crippen LogP contribution is -2.33. The predicted molar refractivity (Wildman–Crippen MR) is 66.0 cm³/mol. The van der Waals surface area contributed by atoms with Gasteiger partial charge in [-0.1, -0.05) is 6.07 Å². The molecule has 2 rings (SSSR count). The van der Waals surface area contributed by atoms with Crippen LogP contribution in [0.3, 0.4) is 0 Å². The van der Waals surface area contributed by atoms with Crippen LogP contribution in [0.15, 0.2) is 24.5 Å². The number of pyridine rings is 1. The summed E-state index contributed by atoms with van der Waals surface area (Å²) >= 11 is 0. The van der Waals surface area contributed by atoms with Crippen LogP contribution in [-0.2, 0) is 0 Å². The molecule has 1 aliphatic carbocycles. The van der Waals surface area contributed by atoms with Gasteiger partial charge in [0.25, 0.3) is 0 Å². The Morgan fingerprint density at radius 1 is 1.38 bits per heavy atom. The minimum atomic E-state index is 0.419. The molecule has 16 heavy (non-hydrogen) atoms. The summed E-state index contributed by atoms with van der Waals surface area (Å²) in [5.41, 5.74) is 7.24. The fourth-order valence-corrected chi connectivity index (χ4v) is 2.71. The summed E-state index contributed by atoms with van der Waals surface area (Å²) < 4.78 is 0. The van der Waals surface area contributed by atoms with E-state index in [1.807, 2.05) is 25.5 Å². The number of nitrogens with two attached hydrogens (primary N) is 1. The Labute approximate surface area is 97.5 Å². The lowest BCUT2D eigenvalue weighted by molar-refractivity contribution is 0.262. The second-order valence-electron chi connectivity index (χ2n) is 4.73. The highest BCUT2D eigenvalue weighted by atomic mass is 14.9. The normalized spacial score (nSPS) is 27.6. The minimum absolute atomic E-state index is 0.419. The zero-order chi connectivity index (χ0) is 11.4. The molecule has 0 bridgehead atoms. The Morgan fingerprint density at radius 3 is 2.69 bits per heavy atom. The molecule has 1 unspecified atom stereocenters. The Morgan fingerprint density at radius 2 is 2.12 bits per heavy atom. The lowest BCUT2D eigenvalue weighted by atomic mass is 9.80. The number of hydrogen-bond acceptors (Lipinski definition) is 3. The van der Waals surface area contributed by atoms with Crippen LogP contribution in [0.1, 0.15) is 37.3 Å². The fourth-order valence-electron chi connectivity index (χ4n) is 2.71. The summed E-state index contributed by atoms with van der Waals surface area (Å²) in [5.74, 6) is 0.703. The largest absolute Gasteiger partial charge is 0.328 e. The average Bonchev–Trinajstić information content (AvgIpc) is 2.34. The van der Waals surface area contributed by atoms with Crippen LogP contribution in [0.5, 0.6) is 0 Å². The number of aromatic nitrogens is 1. The zero-order valence-electron chi connectivity index (χ0n) is 9.89. The summed E-state index contributed by atoms with van der Waals surface area (Å²) in [7, 11) is 2.03. The third-order valence-corrected chi connectivity index (χ3v) is 3.64. The van der Waals surface area contributed by atoms with E-state index >= 15 is 0 Å². The molecule has 0 saturated heterocycles. The maximum atomic E-state index is 5.94. The minimum Gasteiger partial charge on any atom is -0.328 e. The van der Waals surface area contributed by atoms with Crippen molar-refractivity contribution in [2.45, 2.75) is 37.8 Å². The van der Waals surface area contributed by atoms with Gasteiger partial charge in [-0.3, -0.25) is 4.98 Å². The zero-order valence-corrected chi connectivity index (χ0v) is 9.89. The van der Waals surface area contributed by atoms with Crippen molar-refractivity contribution in [1.82, 2.24) is 10.3 Å². The van der Waals surface area contributed by atoms with E-state index in [1.54, 1.807) is 0 Å². The van der Waals surface area contributed by atoms with Gasteiger partial charge in [-0.25, -0.2) is 0 Å². The first-order chi connectivity index (χ1) is 7.81. The standard InChI is InChI=1S/C13H21N3/c1-15-13(11-3-2-8-16-9-11)10-4-6-12(14)7-5-10/h2-3,8-10,12-13,15H,4-7,14H2,1H3. The topological polar surface area (TPSA) is 50.9 Å².